The van der Waals surface area contributed by atoms with Gasteiger partial charge < -0.3 is 20.9 Å². The second-order valence-electron chi connectivity index (χ2n) is 8.80. The largest absolute Gasteiger partial charge is 0.342 e. The molecule has 1 aliphatic carbocycles. The van der Waals surface area contributed by atoms with E-state index in [2.05, 4.69) is 47.1 Å². The third kappa shape index (κ3) is 6.20. The van der Waals surface area contributed by atoms with Crippen molar-refractivity contribution in [2.45, 2.75) is 64.0 Å². The molecular formula is C24H35N5O2. The highest BCUT2D eigenvalue weighted by Gasteiger charge is 2.42. The lowest BCUT2D eigenvalue weighted by atomic mass is 9.89. The maximum Gasteiger partial charge on any atom is 0.317 e. The van der Waals surface area contributed by atoms with Crippen LogP contribution in [0.3, 0.4) is 0 Å². The molecule has 3 aliphatic rings. The van der Waals surface area contributed by atoms with Crippen LogP contribution in [0, 0.1) is 24.2 Å². The molecule has 1 saturated carbocycles. The number of carbonyl (C=O) groups is 2. The molecule has 3 N–H and O–H groups in total. The summed E-state index contributed by atoms with van der Waals surface area (Å²) in [6.45, 7) is 6.62. The van der Waals surface area contributed by atoms with Crippen molar-refractivity contribution in [1.82, 2.24) is 20.9 Å². The molecule has 7 nitrogen and oxygen atoms in total. The summed E-state index contributed by atoms with van der Waals surface area (Å²) in [5, 5.41) is 17.0. The van der Waals surface area contributed by atoms with Crippen molar-refractivity contribution in [3.05, 3.63) is 35.4 Å². The Labute approximate surface area is 185 Å². The van der Waals surface area contributed by atoms with Crippen molar-refractivity contribution in [2.75, 3.05) is 26.2 Å². The zero-order valence-electron chi connectivity index (χ0n) is 18.7. The molecule has 2 aliphatic heterocycles. The Kier molecular flexibility index (Phi) is 8.30. The van der Waals surface area contributed by atoms with Crippen molar-refractivity contribution in [2.24, 2.45) is 5.92 Å². The summed E-state index contributed by atoms with van der Waals surface area (Å²) in [5.74, 6) is 1.11. The first-order valence-electron chi connectivity index (χ1n) is 11.5. The number of rotatable bonds is 4. The van der Waals surface area contributed by atoms with Crippen molar-refractivity contribution < 1.29 is 9.59 Å². The summed E-state index contributed by atoms with van der Waals surface area (Å²) >= 11 is 0. The van der Waals surface area contributed by atoms with Gasteiger partial charge in [0.2, 0.25) is 5.91 Å². The summed E-state index contributed by atoms with van der Waals surface area (Å²) in [6.07, 6.45) is 5.63. The molecule has 3 amide bonds. The molecule has 1 aromatic carbocycles. The van der Waals surface area contributed by atoms with E-state index < -0.39 is 0 Å². The second-order valence-corrected chi connectivity index (χ2v) is 8.80. The van der Waals surface area contributed by atoms with Gasteiger partial charge in [-0.2, -0.15) is 5.26 Å². The first kappa shape index (κ1) is 23.1. The molecule has 7 heteroatoms. The van der Waals surface area contributed by atoms with Gasteiger partial charge in [0.05, 0.1) is 12.1 Å². The van der Waals surface area contributed by atoms with Crippen LogP contribution in [0.5, 0.6) is 0 Å². The van der Waals surface area contributed by atoms with Crippen LogP contribution in [-0.2, 0) is 4.79 Å². The Balaban J connectivity index is 0.000000185. The van der Waals surface area contributed by atoms with E-state index in [4.69, 9.17) is 5.26 Å². The number of hydrogen-bond acceptors (Lipinski definition) is 4. The number of urea groups is 1. The zero-order chi connectivity index (χ0) is 22.2. The number of fused-ring (bicyclic) bond motifs is 2. The van der Waals surface area contributed by atoms with Crippen molar-refractivity contribution >= 4 is 11.9 Å². The monoisotopic (exact) mass is 425 g/mol. The highest BCUT2D eigenvalue weighted by Crippen LogP contribution is 2.35. The third-order valence-corrected chi connectivity index (χ3v) is 6.64. The predicted octanol–water partition coefficient (Wildman–Crippen LogP) is 2.67. The zero-order valence-corrected chi connectivity index (χ0v) is 18.7. The Morgan fingerprint density at radius 1 is 1.13 bits per heavy atom. The molecule has 3 atom stereocenters. The van der Waals surface area contributed by atoms with E-state index in [0.29, 0.717) is 24.4 Å². The molecule has 0 radical (unpaired) electrons. The minimum absolute atomic E-state index is 0.00579. The normalized spacial score (nSPS) is 24.7. The predicted molar refractivity (Wildman–Crippen MR) is 120 cm³/mol. The number of nitrogens with one attached hydrogen (secondary N) is 3. The van der Waals surface area contributed by atoms with Gasteiger partial charge in [-0.25, -0.2) is 4.79 Å². The fourth-order valence-electron chi connectivity index (χ4n) is 4.90. The SMILES string of the molecule is CCNC(=O)N1CCC(c2ccc(C)cc2)CC1.N#CCNC(=O)C1NC2CCC1C2. The molecule has 31 heavy (non-hydrogen) atoms. The first-order valence-corrected chi connectivity index (χ1v) is 11.5. The minimum atomic E-state index is -0.0351. The number of piperidine rings is 2. The summed E-state index contributed by atoms with van der Waals surface area (Å²) in [6, 6.07) is 11.3. The second kappa shape index (κ2) is 11.1. The summed E-state index contributed by atoms with van der Waals surface area (Å²) in [7, 11) is 0. The van der Waals surface area contributed by atoms with Crippen LogP contribution in [0.4, 0.5) is 4.79 Å². The lowest BCUT2D eigenvalue weighted by Gasteiger charge is -2.32. The van der Waals surface area contributed by atoms with Crippen molar-refractivity contribution in [3.8, 4) is 6.07 Å². The molecular weight excluding hydrogens is 390 g/mol. The molecule has 2 heterocycles. The average Bonchev–Trinajstić information content (AvgIpc) is 3.43. The number of likely N-dealkylation sites (tertiary alicyclic amines) is 1. The van der Waals surface area contributed by atoms with Gasteiger partial charge in [0.15, 0.2) is 0 Å². The molecule has 3 fully saturated rings. The van der Waals surface area contributed by atoms with Gasteiger partial charge in [-0.15, -0.1) is 0 Å². The van der Waals surface area contributed by atoms with Crippen LogP contribution in [0.2, 0.25) is 0 Å². The number of aryl methyl sites for hydroxylation is 1. The average molecular weight is 426 g/mol. The molecule has 168 valence electrons. The van der Waals surface area contributed by atoms with Gasteiger partial charge in [-0.05, 0) is 63.4 Å². The number of carbonyl (C=O) groups excluding carboxylic acids is 2. The molecule has 3 unspecified atom stereocenters. The first-order chi connectivity index (χ1) is 15.0. The summed E-state index contributed by atoms with van der Waals surface area (Å²) in [5.41, 5.74) is 2.72. The molecule has 2 saturated heterocycles. The fraction of sp³-hybridized carbons (Fsp3) is 0.625. The van der Waals surface area contributed by atoms with Gasteiger partial charge in [-0.3, -0.25) is 4.79 Å². The Morgan fingerprint density at radius 3 is 2.39 bits per heavy atom. The fourth-order valence-corrected chi connectivity index (χ4v) is 4.90. The lowest BCUT2D eigenvalue weighted by Crippen LogP contribution is -2.47. The van der Waals surface area contributed by atoms with Crippen LogP contribution >= 0.6 is 0 Å². The molecule has 0 aromatic heterocycles. The van der Waals surface area contributed by atoms with Crippen LogP contribution < -0.4 is 16.0 Å². The molecule has 0 spiro atoms. The smallest absolute Gasteiger partial charge is 0.317 e. The molecule has 2 bridgehead atoms. The van der Waals surface area contributed by atoms with Crippen molar-refractivity contribution in [3.63, 3.8) is 0 Å². The topological polar surface area (TPSA) is 97.3 Å². The number of nitriles is 1. The molecule has 4 rings (SSSR count). The number of nitrogens with zero attached hydrogens (tertiary/aromatic N) is 2. The highest BCUT2D eigenvalue weighted by atomic mass is 16.2. The minimum Gasteiger partial charge on any atom is -0.342 e. The van der Waals surface area contributed by atoms with Crippen LogP contribution in [-0.4, -0.2) is 55.1 Å². The van der Waals surface area contributed by atoms with E-state index in [9.17, 15) is 9.59 Å². The van der Waals surface area contributed by atoms with Crippen LogP contribution in [0.15, 0.2) is 24.3 Å². The van der Waals surface area contributed by atoms with Crippen molar-refractivity contribution in [1.29, 1.82) is 5.26 Å². The van der Waals surface area contributed by atoms with Crippen LogP contribution in [0.25, 0.3) is 0 Å². The van der Waals surface area contributed by atoms with Gasteiger partial charge >= 0.3 is 6.03 Å². The van der Waals surface area contributed by atoms with Crippen LogP contribution in [0.1, 0.15) is 56.1 Å². The van der Waals surface area contributed by atoms with E-state index >= 15 is 0 Å². The third-order valence-electron chi connectivity index (χ3n) is 6.64. The van der Waals surface area contributed by atoms with E-state index in [1.165, 1.54) is 17.5 Å². The quantitative estimate of drug-likeness (QED) is 0.646. The van der Waals surface area contributed by atoms with E-state index in [1.54, 1.807) is 0 Å². The number of amides is 3. The van der Waals surface area contributed by atoms with Gasteiger partial charge in [0.1, 0.15) is 6.54 Å². The highest BCUT2D eigenvalue weighted by molar-refractivity contribution is 5.82. The maximum absolute atomic E-state index is 11.7. The summed E-state index contributed by atoms with van der Waals surface area (Å²) < 4.78 is 0. The van der Waals surface area contributed by atoms with E-state index in [1.807, 2.05) is 17.9 Å². The Morgan fingerprint density at radius 2 is 1.84 bits per heavy atom. The van der Waals surface area contributed by atoms with Gasteiger partial charge in [0, 0.05) is 25.7 Å². The number of hydrogen-bond donors (Lipinski definition) is 3. The standard InChI is InChI=1S/C15H22N2O.C9H13N3O/c1-3-16-15(18)17-10-8-14(9-11-17)13-6-4-12(2)5-7-13;10-3-4-11-9(13)8-6-1-2-7(5-6)12-8/h4-7,14H,3,8-11H2,1-2H3,(H,16,18);6-8,12H,1-2,4-5H2,(H,11,13). The van der Waals surface area contributed by atoms with Gasteiger partial charge in [0.25, 0.3) is 0 Å². The Bertz CT molecular complexity index is 780. The van der Waals surface area contributed by atoms with E-state index in [-0.39, 0.29) is 24.5 Å². The summed E-state index contributed by atoms with van der Waals surface area (Å²) in [4.78, 5) is 25.1. The van der Waals surface area contributed by atoms with E-state index in [0.717, 1.165) is 38.8 Å². The lowest BCUT2D eigenvalue weighted by molar-refractivity contribution is -0.123. The molecule has 1 aromatic rings. The maximum atomic E-state index is 11.7. The number of benzene rings is 1. The Hall–Kier alpha value is -2.59. The van der Waals surface area contributed by atoms with Gasteiger partial charge in [-0.1, -0.05) is 29.8 Å².